The van der Waals surface area contributed by atoms with Crippen molar-refractivity contribution < 1.29 is 22.7 Å². The van der Waals surface area contributed by atoms with E-state index < -0.39 is 31.9 Å². The molecular formula is C14H14BrFN2O5S. The SMILES string of the molecule is CC(CCn1cnc2cc(Br)c(F)cc2c1=O)(C(=O)O)S(C)(=O)=O. The molecule has 1 aromatic carbocycles. The topological polar surface area (TPSA) is 106 Å². The first-order valence-electron chi connectivity index (χ1n) is 6.74. The van der Waals surface area contributed by atoms with Crippen LogP contribution >= 0.6 is 15.9 Å². The standard InChI is InChI=1S/C14H14BrFN2O5S/c1-14(13(20)21,24(2,22)23)3-4-18-7-17-11-6-9(15)10(16)5-8(11)12(18)19/h5-7H,3-4H2,1-2H3,(H,20,21). The number of aliphatic carboxylic acids is 1. The minimum absolute atomic E-state index is 0.0228. The van der Waals surface area contributed by atoms with Gasteiger partial charge < -0.3 is 5.11 Å². The highest BCUT2D eigenvalue weighted by Gasteiger charge is 2.43. The summed E-state index contributed by atoms with van der Waals surface area (Å²) in [7, 11) is -3.90. The van der Waals surface area contributed by atoms with Crippen LogP contribution in [0.4, 0.5) is 4.39 Å². The molecule has 0 radical (unpaired) electrons. The van der Waals surface area contributed by atoms with E-state index >= 15 is 0 Å². The molecule has 0 amide bonds. The zero-order chi connectivity index (χ0) is 18.3. The molecule has 130 valence electrons. The number of hydrogen-bond donors (Lipinski definition) is 1. The van der Waals surface area contributed by atoms with Crippen molar-refractivity contribution in [2.45, 2.75) is 24.6 Å². The fraction of sp³-hybridized carbons (Fsp3) is 0.357. The summed E-state index contributed by atoms with van der Waals surface area (Å²) in [6.07, 6.45) is 1.68. The number of carboxylic acids is 1. The summed E-state index contributed by atoms with van der Waals surface area (Å²) in [5.74, 6) is -2.13. The molecule has 2 rings (SSSR count). The number of aromatic nitrogens is 2. The summed E-state index contributed by atoms with van der Waals surface area (Å²) < 4.78 is 36.3. The van der Waals surface area contributed by atoms with E-state index in [-0.39, 0.29) is 28.3 Å². The van der Waals surface area contributed by atoms with Crippen molar-refractivity contribution in [1.82, 2.24) is 9.55 Å². The van der Waals surface area contributed by atoms with Crippen LogP contribution in [-0.4, -0.2) is 40.0 Å². The van der Waals surface area contributed by atoms with Gasteiger partial charge in [-0.3, -0.25) is 14.2 Å². The monoisotopic (exact) mass is 420 g/mol. The number of sulfone groups is 1. The molecule has 0 aliphatic carbocycles. The Morgan fingerprint density at radius 3 is 2.62 bits per heavy atom. The average molecular weight is 421 g/mol. The van der Waals surface area contributed by atoms with Gasteiger partial charge in [-0.25, -0.2) is 17.8 Å². The number of carbonyl (C=O) groups is 1. The Morgan fingerprint density at radius 1 is 1.46 bits per heavy atom. The number of carboxylic acid groups (broad SMARTS) is 1. The Hall–Kier alpha value is -1.81. The smallest absolute Gasteiger partial charge is 0.324 e. The van der Waals surface area contributed by atoms with Gasteiger partial charge in [-0.1, -0.05) is 0 Å². The summed E-state index contributed by atoms with van der Waals surface area (Å²) in [4.78, 5) is 27.7. The summed E-state index contributed by atoms with van der Waals surface area (Å²) in [5.41, 5.74) is -0.304. The summed E-state index contributed by atoms with van der Waals surface area (Å²) >= 11 is 3.00. The first-order valence-corrected chi connectivity index (χ1v) is 9.43. The maximum absolute atomic E-state index is 13.6. The molecule has 0 aliphatic heterocycles. The molecule has 0 bridgehead atoms. The van der Waals surface area contributed by atoms with Gasteiger partial charge in [0.05, 0.1) is 21.7 Å². The minimum Gasteiger partial charge on any atom is -0.480 e. The normalized spacial score (nSPS) is 14.5. The lowest BCUT2D eigenvalue weighted by atomic mass is 10.1. The Kier molecular flexibility index (Phi) is 4.82. The average Bonchev–Trinajstić information content (AvgIpc) is 2.47. The molecule has 1 N–H and O–H groups in total. The first-order chi connectivity index (χ1) is 11.0. The van der Waals surface area contributed by atoms with E-state index in [0.717, 1.165) is 23.8 Å². The quantitative estimate of drug-likeness (QED) is 0.786. The number of nitrogens with zero attached hydrogens (tertiary/aromatic N) is 2. The molecule has 10 heteroatoms. The molecule has 1 aromatic heterocycles. The lowest BCUT2D eigenvalue weighted by Gasteiger charge is -2.22. The number of aryl methyl sites for hydroxylation is 1. The second kappa shape index (κ2) is 6.25. The second-order valence-corrected chi connectivity index (χ2v) is 8.88. The molecule has 2 aromatic rings. The molecule has 0 saturated carbocycles. The van der Waals surface area contributed by atoms with Gasteiger partial charge in [0.25, 0.3) is 5.56 Å². The highest BCUT2D eigenvalue weighted by molar-refractivity contribution is 9.10. The van der Waals surface area contributed by atoms with Crippen LogP contribution in [0.1, 0.15) is 13.3 Å². The number of halogens is 2. The molecule has 1 heterocycles. The number of hydrogen-bond acceptors (Lipinski definition) is 5. The van der Waals surface area contributed by atoms with Gasteiger partial charge in [0.1, 0.15) is 5.82 Å². The predicted molar refractivity (Wildman–Crippen MR) is 89.2 cm³/mol. The molecule has 24 heavy (non-hydrogen) atoms. The van der Waals surface area contributed by atoms with Gasteiger partial charge in [-0.15, -0.1) is 0 Å². The van der Waals surface area contributed by atoms with Crippen LogP contribution in [0.5, 0.6) is 0 Å². The van der Waals surface area contributed by atoms with E-state index in [0.29, 0.717) is 0 Å². The molecule has 0 saturated heterocycles. The van der Waals surface area contributed by atoms with Gasteiger partial charge in [-0.05, 0) is 41.4 Å². The van der Waals surface area contributed by atoms with Crippen LogP contribution in [0, 0.1) is 5.82 Å². The molecule has 1 atom stereocenters. The maximum atomic E-state index is 13.6. The van der Waals surface area contributed by atoms with Crippen LogP contribution in [-0.2, 0) is 21.2 Å². The Labute approximate surface area is 145 Å². The second-order valence-electron chi connectivity index (χ2n) is 5.58. The third kappa shape index (κ3) is 3.20. The Bertz CT molecular complexity index is 989. The maximum Gasteiger partial charge on any atom is 0.324 e. The van der Waals surface area contributed by atoms with Crippen LogP contribution in [0.25, 0.3) is 10.9 Å². The predicted octanol–water partition coefficient (Wildman–Crippen LogP) is 1.58. The first kappa shape index (κ1) is 18.5. The molecule has 0 fully saturated rings. The van der Waals surface area contributed by atoms with Crippen LogP contribution in [0.3, 0.4) is 0 Å². The van der Waals surface area contributed by atoms with E-state index in [4.69, 9.17) is 0 Å². The largest absolute Gasteiger partial charge is 0.480 e. The molecule has 1 unspecified atom stereocenters. The van der Waals surface area contributed by atoms with Gasteiger partial charge in [0, 0.05) is 12.8 Å². The van der Waals surface area contributed by atoms with E-state index in [2.05, 4.69) is 20.9 Å². The van der Waals surface area contributed by atoms with Crippen molar-refractivity contribution in [3.05, 3.63) is 39.1 Å². The number of rotatable bonds is 5. The van der Waals surface area contributed by atoms with Crippen molar-refractivity contribution in [2.75, 3.05) is 6.26 Å². The third-order valence-corrected chi connectivity index (χ3v) is 6.59. The zero-order valence-electron chi connectivity index (χ0n) is 12.8. The lowest BCUT2D eigenvalue weighted by molar-refractivity contribution is -0.139. The van der Waals surface area contributed by atoms with Crippen molar-refractivity contribution >= 4 is 42.6 Å². The fourth-order valence-electron chi connectivity index (χ4n) is 2.10. The summed E-state index contributed by atoms with van der Waals surface area (Å²) in [6, 6.07) is 2.38. The van der Waals surface area contributed by atoms with Crippen molar-refractivity contribution in [1.29, 1.82) is 0 Å². The zero-order valence-corrected chi connectivity index (χ0v) is 15.2. The van der Waals surface area contributed by atoms with Gasteiger partial charge in [0.15, 0.2) is 14.6 Å². The summed E-state index contributed by atoms with van der Waals surface area (Å²) in [6.45, 7) is 0.899. The van der Waals surface area contributed by atoms with Gasteiger partial charge in [0.2, 0.25) is 0 Å². The molecule has 7 nitrogen and oxygen atoms in total. The highest BCUT2D eigenvalue weighted by Crippen LogP contribution is 2.23. The van der Waals surface area contributed by atoms with Crippen molar-refractivity contribution in [3.63, 3.8) is 0 Å². The van der Waals surface area contributed by atoms with Crippen LogP contribution < -0.4 is 5.56 Å². The number of benzene rings is 1. The van der Waals surface area contributed by atoms with E-state index in [1.165, 1.54) is 12.4 Å². The summed E-state index contributed by atoms with van der Waals surface area (Å²) in [5, 5.41) is 9.24. The Morgan fingerprint density at radius 2 is 2.08 bits per heavy atom. The third-order valence-electron chi connectivity index (χ3n) is 3.97. The molecule has 0 aliphatic rings. The van der Waals surface area contributed by atoms with Crippen molar-refractivity contribution in [2.24, 2.45) is 0 Å². The fourth-order valence-corrected chi connectivity index (χ4v) is 3.21. The van der Waals surface area contributed by atoms with Gasteiger partial charge >= 0.3 is 5.97 Å². The van der Waals surface area contributed by atoms with Crippen LogP contribution in [0.15, 0.2) is 27.7 Å². The lowest BCUT2D eigenvalue weighted by Crippen LogP contribution is -2.44. The Balaban J connectivity index is 2.44. The van der Waals surface area contributed by atoms with Crippen LogP contribution in [0.2, 0.25) is 0 Å². The van der Waals surface area contributed by atoms with Gasteiger partial charge in [-0.2, -0.15) is 0 Å². The number of fused-ring (bicyclic) bond motifs is 1. The highest BCUT2D eigenvalue weighted by atomic mass is 79.9. The van der Waals surface area contributed by atoms with E-state index in [9.17, 15) is 27.5 Å². The van der Waals surface area contributed by atoms with Crippen molar-refractivity contribution in [3.8, 4) is 0 Å². The molecular weight excluding hydrogens is 407 g/mol. The molecule has 0 spiro atoms. The minimum atomic E-state index is -3.90. The van der Waals surface area contributed by atoms with E-state index in [1.54, 1.807) is 0 Å². The van der Waals surface area contributed by atoms with E-state index in [1.807, 2.05) is 0 Å².